The molecule has 1 heterocycles. The number of benzene rings is 1. The summed E-state index contributed by atoms with van der Waals surface area (Å²) in [5.74, 6) is 0.0610. The van der Waals surface area contributed by atoms with E-state index in [-0.39, 0.29) is 11.6 Å². The number of aromatic amines is 1. The lowest BCUT2D eigenvalue weighted by Gasteiger charge is -2.25. The minimum absolute atomic E-state index is 0.0323. The van der Waals surface area contributed by atoms with Crippen molar-refractivity contribution < 1.29 is 4.79 Å². The highest BCUT2D eigenvalue weighted by Crippen LogP contribution is 2.13. The molecule has 0 fully saturated rings. The number of amides is 1. The van der Waals surface area contributed by atoms with E-state index in [0.717, 1.165) is 24.1 Å². The largest absolute Gasteiger partial charge is 0.350 e. The van der Waals surface area contributed by atoms with Gasteiger partial charge in [0.15, 0.2) is 0 Å². The molecule has 0 saturated heterocycles. The van der Waals surface area contributed by atoms with E-state index in [2.05, 4.69) is 34.0 Å². The smallest absolute Gasteiger partial charge is 0.264 e. The molecule has 0 aliphatic heterocycles. The van der Waals surface area contributed by atoms with Crippen molar-refractivity contribution in [3.8, 4) is 11.4 Å². The zero-order valence-corrected chi connectivity index (χ0v) is 15.3. The lowest BCUT2D eigenvalue weighted by Crippen LogP contribution is -2.42. The minimum atomic E-state index is -0.431. The van der Waals surface area contributed by atoms with Crippen molar-refractivity contribution in [2.75, 3.05) is 20.1 Å². The van der Waals surface area contributed by atoms with Gasteiger partial charge in [0.05, 0.1) is 0 Å². The lowest BCUT2D eigenvalue weighted by atomic mass is 10.1. The van der Waals surface area contributed by atoms with Gasteiger partial charge in [-0.05, 0) is 26.9 Å². The highest BCUT2D eigenvalue weighted by Gasteiger charge is 2.16. The minimum Gasteiger partial charge on any atom is -0.350 e. The second kappa shape index (κ2) is 8.58. The predicted octanol–water partition coefficient (Wildman–Crippen LogP) is 2.21. The van der Waals surface area contributed by atoms with Crippen LogP contribution in [0.2, 0.25) is 0 Å². The summed E-state index contributed by atoms with van der Waals surface area (Å²) in [7, 11) is 2.02. The number of carbonyl (C=O) groups is 1. The molecule has 0 aliphatic carbocycles. The van der Waals surface area contributed by atoms with Crippen LogP contribution < -0.4 is 10.9 Å². The molecule has 0 radical (unpaired) electrons. The second-order valence-electron chi connectivity index (χ2n) is 6.19. The Bertz CT molecular complexity index is 768. The molecule has 0 saturated carbocycles. The number of carbonyl (C=O) groups excluding carboxylic acids is 1. The van der Waals surface area contributed by atoms with Gasteiger partial charge in [-0.2, -0.15) is 0 Å². The Morgan fingerprint density at radius 2 is 1.96 bits per heavy atom. The number of aryl methyl sites for hydroxylation is 1. The number of rotatable bonds is 7. The van der Waals surface area contributed by atoms with E-state index in [1.165, 1.54) is 6.20 Å². The summed E-state index contributed by atoms with van der Waals surface area (Å²) in [6, 6.07) is 7.92. The predicted molar refractivity (Wildman–Crippen MR) is 99.7 cm³/mol. The number of aromatic nitrogens is 2. The molecule has 2 rings (SSSR count). The molecule has 25 heavy (non-hydrogen) atoms. The van der Waals surface area contributed by atoms with Gasteiger partial charge in [0.1, 0.15) is 11.4 Å². The molecule has 0 bridgehead atoms. The lowest BCUT2D eigenvalue weighted by molar-refractivity contribution is 0.0936. The normalized spacial score (nSPS) is 12.2. The third-order valence-corrected chi connectivity index (χ3v) is 4.46. The zero-order chi connectivity index (χ0) is 18.4. The van der Waals surface area contributed by atoms with Crippen LogP contribution in [0.1, 0.15) is 36.2 Å². The molecule has 1 atom stereocenters. The maximum atomic E-state index is 12.3. The molecule has 6 heteroatoms. The van der Waals surface area contributed by atoms with Gasteiger partial charge in [0, 0.05) is 24.3 Å². The summed E-state index contributed by atoms with van der Waals surface area (Å²) < 4.78 is 0. The average Bonchev–Trinajstić information content (AvgIpc) is 2.62. The molecule has 1 aromatic carbocycles. The van der Waals surface area contributed by atoms with Crippen molar-refractivity contribution in [3.63, 3.8) is 0 Å². The maximum Gasteiger partial charge on any atom is 0.264 e. The first kappa shape index (κ1) is 18.9. The van der Waals surface area contributed by atoms with E-state index in [4.69, 9.17) is 0 Å². The summed E-state index contributed by atoms with van der Waals surface area (Å²) in [5, 5.41) is 2.83. The van der Waals surface area contributed by atoms with Crippen LogP contribution in [0, 0.1) is 6.92 Å². The van der Waals surface area contributed by atoms with E-state index < -0.39 is 11.5 Å². The molecule has 6 nitrogen and oxygen atoms in total. The van der Waals surface area contributed by atoms with Gasteiger partial charge < -0.3 is 15.2 Å². The van der Waals surface area contributed by atoms with Gasteiger partial charge in [0.25, 0.3) is 11.5 Å². The standard InChI is InChI=1S/C19H26N4O2/c1-5-15(23(4)6-2)11-21-18(24)16-12-20-17(22-19(16)25)14-9-7-13(3)8-10-14/h7-10,12,15H,5-6,11H2,1-4H3,(H,21,24)(H,20,22,25)/t15-/m1/s1. The SMILES string of the molecule is CC[C@H](CNC(=O)c1cnc(-c2ccc(C)cc2)[nH]c1=O)N(C)CC. The summed E-state index contributed by atoms with van der Waals surface area (Å²) in [5.41, 5.74) is 1.54. The Balaban J connectivity index is 2.11. The van der Waals surface area contributed by atoms with E-state index in [1.54, 1.807) is 0 Å². The summed E-state index contributed by atoms with van der Waals surface area (Å²) >= 11 is 0. The highest BCUT2D eigenvalue weighted by molar-refractivity contribution is 5.93. The topological polar surface area (TPSA) is 78.1 Å². The number of H-pyrrole nitrogens is 1. The van der Waals surface area contributed by atoms with Crippen molar-refractivity contribution in [1.29, 1.82) is 0 Å². The third-order valence-electron chi connectivity index (χ3n) is 4.46. The monoisotopic (exact) mass is 342 g/mol. The van der Waals surface area contributed by atoms with Gasteiger partial charge in [-0.1, -0.05) is 43.7 Å². The summed E-state index contributed by atoms with van der Waals surface area (Å²) in [4.78, 5) is 33.7. The number of hydrogen-bond acceptors (Lipinski definition) is 4. The van der Waals surface area contributed by atoms with Crippen molar-refractivity contribution >= 4 is 5.91 Å². The van der Waals surface area contributed by atoms with Gasteiger partial charge >= 0.3 is 0 Å². The quantitative estimate of drug-likeness (QED) is 0.809. The van der Waals surface area contributed by atoms with Crippen molar-refractivity contribution in [2.45, 2.75) is 33.2 Å². The van der Waals surface area contributed by atoms with Crippen LogP contribution in [0.3, 0.4) is 0 Å². The Kier molecular flexibility index (Phi) is 6.47. The molecular formula is C19H26N4O2. The Morgan fingerprint density at radius 3 is 2.52 bits per heavy atom. The molecule has 1 aromatic heterocycles. The van der Waals surface area contributed by atoms with Crippen molar-refractivity contribution in [1.82, 2.24) is 20.2 Å². The molecule has 1 amide bonds. The highest BCUT2D eigenvalue weighted by atomic mass is 16.2. The van der Waals surface area contributed by atoms with Crippen LogP contribution in [0.5, 0.6) is 0 Å². The first-order valence-electron chi connectivity index (χ1n) is 8.61. The van der Waals surface area contributed by atoms with Crippen LogP contribution in [0.15, 0.2) is 35.3 Å². The zero-order valence-electron chi connectivity index (χ0n) is 15.3. The molecule has 2 aromatic rings. The summed E-state index contributed by atoms with van der Waals surface area (Å²) in [6.07, 6.45) is 2.26. The van der Waals surface area contributed by atoms with Crippen LogP contribution in [-0.2, 0) is 0 Å². The van der Waals surface area contributed by atoms with Crippen LogP contribution >= 0.6 is 0 Å². The molecule has 0 spiro atoms. The third kappa shape index (κ3) is 4.76. The number of nitrogens with one attached hydrogen (secondary N) is 2. The molecule has 0 unspecified atom stereocenters. The van der Waals surface area contributed by atoms with Gasteiger partial charge in [-0.15, -0.1) is 0 Å². The maximum absolute atomic E-state index is 12.3. The fourth-order valence-electron chi connectivity index (χ4n) is 2.59. The molecular weight excluding hydrogens is 316 g/mol. The first-order chi connectivity index (χ1) is 12.0. The van der Waals surface area contributed by atoms with Gasteiger partial charge in [-0.3, -0.25) is 9.59 Å². The van der Waals surface area contributed by atoms with Crippen LogP contribution in [0.4, 0.5) is 0 Å². The Labute approximate surface area is 148 Å². The number of likely N-dealkylation sites (N-methyl/N-ethyl adjacent to an activating group) is 1. The van der Waals surface area contributed by atoms with E-state index in [9.17, 15) is 9.59 Å². The fourth-order valence-corrected chi connectivity index (χ4v) is 2.59. The molecule has 2 N–H and O–H groups in total. The molecule has 134 valence electrons. The average molecular weight is 342 g/mol. The summed E-state index contributed by atoms with van der Waals surface area (Å²) in [6.45, 7) is 7.55. The van der Waals surface area contributed by atoms with Crippen LogP contribution in [-0.4, -0.2) is 47.0 Å². The fraction of sp³-hybridized carbons (Fsp3) is 0.421. The second-order valence-corrected chi connectivity index (χ2v) is 6.19. The van der Waals surface area contributed by atoms with E-state index in [1.807, 2.05) is 38.2 Å². The number of hydrogen-bond donors (Lipinski definition) is 2. The van der Waals surface area contributed by atoms with E-state index >= 15 is 0 Å². The number of nitrogens with zero attached hydrogens (tertiary/aromatic N) is 2. The van der Waals surface area contributed by atoms with Crippen molar-refractivity contribution in [2.24, 2.45) is 0 Å². The van der Waals surface area contributed by atoms with Gasteiger partial charge in [0.2, 0.25) is 0 Å². The Hall–Kier alpha value is -2.47. The van der Waals surface area contributed by atoms with Crippen molar-refractivity contribution in [3.05, 3.63) is 51.9 Å². The van der Waals surface area contributed by atoms with E-state index in [0.29, 0.717) is 12.4 Å². The Morgan fingerprint density at radius 1 is 1.28 bits per heavy atom. The van der Waals surface area contributed by atoms with Crippen LogP contribution in [0.25, 0.3) is 11.4 Å². The van der Waals surface area contributed by atoms with Gasteiger partial charge in [-0.25, -0.2) is 4.98 Å². The first-order valence-corrected chi connectivity index (χ1v) is 8.61. The molecule has 0 aliphatic rings.